The van der Waals surface area contributed by atoms with Crippen LogP contribution in [0, 0.1) is 0 Å². The molecule has 0 saturated heterocycles. The van der Waals surface area contributed by atoms with E-state index < -0.39 is 0 Å². The highest BCUT2D eigenvalue weighted by atomic mass is 15.0. The fraction of sp³-hybridized carbons (Fsp3) is 0.106. The largest absolute Gasteiger partial charge is 0.309 e. The van der Waals surface area contributed by atoms with E-state index in [1.165, 1.54) is 127 Å². The number of fused-ring (bicyclic) bond motifs is 21. The summed E-state index contributed by atoms with van der Waals surface area (Å²) in [7, 11) is 0. The van der Waals surface area contributed by atoms with Gasteiger partial charge >= 0.3 is 0 Å². The highest BCUT2D eigenvalue weighted by molar-refractivity contribution is 6.18. The van der Waals surface area contributed by atoms with E-state index in [0.29, 0.717) is 5.82 Å². The molecule has 90 heavy (non-hydrogen) atoms. The molecular weight excluding hydrogens is 1090 g/mol. The molecule has 0 bridgehead atoms. The zero-order valence-corrected chi connectivity index (χ0v) is 51.1. The maximum Gasteiger partial charge on any atom is 0.160 e. The van der Waals surface area contributed by atoms with Crippen LogP contribution < -0.4 is 0 Å². The van der Waals surface area contributed by atoms with Crippen molar-refractivity contribution in [1.82, 2.24) is 23.7 Å². The van der Waals surface area contributed by atoms with Crippen molar-refractivity contribution in [3.05, 3.63) is 294 Å². The number of benzene rings is 12. The van der Waals surface area contributed by atoms with Crippen molar-refractivity contribution in [2.24, 2.45) is 0 Å². The second kappa shape index (κ2) is 18.1. The summed E-state index contributed by atoms with van der Waals surface area (Å²) in [5.41, 5.74) is 30.5. The van der Waals surface area contributed by atoms with Crippen LogP contribution in [-0.2, 0) is 16.2 Å². The molecule has 426 valence electrons. The number of hydrogen-bond acceptors (Lipinski definition) is 2. The highest BCUT2D eigenvalue weighted by Gasteiger charge is 2.41. The first kappa shape index (κ1) is 51.2. The average Bonchev–Trinajstić information content (AvgIpc) is 1.58. The standard InChI is InChI=1S/C85H61N5/c1-83(2)65-34-13-7-31-62(65)76-68(83)43-40-59-56-28-10-16-37-73(56)88(79(59)76)53-25-19-22-50(46-53)71-49-72(51-23-20-26-54(47-51)89-74-38-17-11-29-57(74)60-41-44-69-77(80(60)89)63-32-8-14-35-66(63)84(69,3)4)87-82(86-71)52-24-21-27-55(48-52)90-75-39-18-12-30-58(75)61-42-45-70-78(81(61)90)64-33-9-15-36-67(64)85(70,5)6/h7-49H,1-6H3. The first-order chi connectivity index (χ1) is 43.9. The van der Waals surface area contributed by atoms with Crippen molar-refractivity contribution in [3.8, 4) is 84.3 Å². The molecule has 16 aromatic rings. The van der Waals surface area contributed by atoms with Crippen molar-refractivity contribution in [2.45, 2.75) is 57.8 Å². The average molecular weight is 1150 g/mol. The lowest BCUT2D eigenvalue weighted by Gasteiger charge is -2.21. The van der Waals surface area contributed by atoms with Gasteiger partial charge in [0.15, 0.2) is 5.82 Å². The zero-order valence-electron chi connectivity index (χ0n) is 51.1. The fourth-order valence-electron chi connectivity index (χ4n) is 16.8. The summed E-state index contributed by atoms with van der Waals surface area (Å²) in [6, 6.07) is 97.1. The second-order valence-corrected chi connectivity index (χ2v) is 26.8. The van der Waals surface area contributed by atoms with Crippen LogP contribution in [0.4, 0.5) is 0 Å². The van der Waals surface area contributed by atoms with E-state index in [0.717, 1.165) is 50.7 Å². The third kappa shape index (κ3) is 6.81. The van der Waals surface area contributed by atoms with Crippen LogP contribution in [0.5, 0.6) is 0 Å². The van der Waals surface area contributed by atoms with Crippen LogP contribution >= 0.6 is 0 Å². The molecule has 4 aromatic heterocycles. The van der Waals surface area contributed by atoms with E-state index in [-0.39, 0.29) is 16.2 Å². The summed E-state index contributed by atoms with van der Waals surface area (Å²) in [4.78, 5) is 11.4. The molecule has 19 rings (SSSR count). The maximum atomic E-state index is 5.70. The van der Waals surface area contributed by atoms with E-state index in [9.17, 15) is 0 Å². The smallest absolute Gasteiger partial charge is 0.160 e. The normalized spacial score (nSPS) is 14.6. The summed E-state index contributed by atoms with van der Waals surface area (Å²) in [6.45, 7) is 14.2. The van der Waals surface area contributed by atoms with Crippen LogP contribution in [0.3, 0.4) is 0 Å². The minimum absolute atomic E-state index is 0.153. The van der Waals surface area contributed by atoms with Gasteiger partial charge in [-0.2, -0.15) is 0 Å². The summed E-state index contributed by atoms with van der Waals surface area (Å²) < 4.78 is 7.50. The topological polar surface area (TPSA) is 40.6 Å². The molecule has 0 unspecified atom stereocenters. The lowest BCUT2D eigenvalue weighted by Crippen LogP contribution is -2.14. The number of hydrogen-bond donors (Lipinski definition) is 0. The molecule has 0 atom stereocenters. The van der Waals surface area contributed by atoms with Crippen molar-refractivity contribution in [3.63, 3.8) is 0 Å². The van der Waals surface area contributed by atoms with Crippen LogP contribution in [0.1, 0.15) is 74.9 Å². The predicted molar refractivity (Wildman–Crippen MR) is 374 cm³/mol. The first-order valence-corrected chi connectivity index (χ1v) is 31.6. The van der Waals surface area contributed by atoms with Gasteiger partial charge in [-0.15, -0.1) is 0 Å². The minimum Gasteiger partial charge on any atom is -0.309 e. The molecule has 0 N–H and O–H groups in total. The Hall–Kier alpha value is -10.9. The lowest BCUT2D eigenvalue weighted by molar-refractivity contribution is 0.660. The Morgan fingerprint density at radius 1 is 0.256 bits per heavy atom. The van der Waals surface area contributed by atoms with E-state index in [1.807, 2.05) is 0 Å². The third-order valence-corrected chi connectivity index (χ3v) is 21.0. The Kier molecular flexibility index (Phi) is 10.3. The molecule has 0 spiro atoms. The monoisotopic (exact) mass is 1150 g/mol. The van der Waals surface area contributed by atoms with E-state index >= 15 is 0 Å². The molecule has 4 heterocycles. The Morgan fingerprint density at radius 3 is 0.933 bits per heavy atom. The molecule has 3 aliphatic rings. The van der Waals surface area contributed by atoms with Crippen LogP contribution in [0.25, 0.3) is 150 Å². The molecule has 0 fully saturated rings. The van der Waals surface area contributed by atoms with Crippen molar-refractivity contribution in [2.75, 3.05) is 0 Å². The van der Waals surface area contributed by atoms with Crippen molar-refractivity contribution >= 4 is 65.4 Å². The quantitative estimate of drug-likeness (QED) is 0.166. The molecular formula is C85H61N5. The third-order valence-electron chi connectivity index (χ3n) is 21.0. The van der Waals surface area contributed by atoms with Gasteiger partial charge in [0.1, 0.15) is 0 Å². The van der Waals surface area contributed by atoms with E-state index in [1.54, 1.807) is 0 Å². The minimum atomic E-state index is -0.156. The molecule has 0 saturated carbocycles. The molecule has 0 amide bonds. The summed E-state index contributed by atoms with van der Waals surface area (Å²) in [6.07, 6.45) is 0. The Labute approximate surface area is 522 Å². The molecule has 0 radical (unpaired) electrons. The lowest BCUT2D eigenvalue weighted by atomic mass is 9.82. The number of rotatable bonds is 6. The molecule has 12 aromatic carbocycles. The number of aromatic nitrogens is 5. The van der Waals surface area contributed by atoms with Gasteiger partial charge in [-0.25, -0.2) is 9.97 Å². The maximum absolute atomic E-state index is 5.70. The SMILES string of the molecule is CC1(C)c2ccccc2-c2c1ccc1c3ccccc3n(-c3cccc(-c4cc(-c5cccc(-n6c7ccccc7c7ccc8c(c76)-c6ccccc6C8(C)C)c5)nc(-c5cccc(-n6c7ccccc7c7ccc8c(c76)-c6ccccc6C8(C)C)c5)n4)c3)c21. The summed E-state index contributed by atoms with van der Waals surface area (Å²) >= 11 is 0. The van der Waals surface area contributed by atoms with Gasteiger partial charge in [0, 0.05) is 99.0 Å². The van der Waals surface area contributed by atoms with Gasteiger partial charge in [-0.05, 0) is 111 Å². The number of para-hydroxylation sites is 3. The van der Waals surface area contributed by atoms with Gasteiger partial charge in [0.25, 0.3) is 0 Å². The number of nitrogens with zero attached hydrogens (tertiary/aromatic N) is 5. The molecule has 5 heteroatoms. The Balaban J connectivity index is 0.840. The summed E-state index contributed by atoms with van der Waals surface area (Å²) in [5, 5.41) is 7.43. The van der Waals surface area contributed by atoms with Gasteiger partial charge < -0.3 is 13.7 Å². The van der Waals surface area contributed by atoms with Crippen molar-refractivity contribution in [1.29, 1.82) is 0 Å². The second-order valence-electron chi connectivity index (χ2n) is 26.8. The summed E-state index contributed by atoms with van der Waals surface area (Å²) in [5.74, 6) is 0.652. The van der Waals surface area contributed by atoms with Crippen LogP contribution in [-0.4, -0.2) is 23.7 Å². The molecule has 0 aliphatic heterocycles. The van der Waals surface area contributed by atoms with Gasteiger partial charge in [-0.3, -0.25) is 0 Å². The Morgan fingerprint density at radius 2 is 0.567 bits per heavy atom. The van der Waals surface area contributed by atoms with E-state index in [2.05, 4.69) is 316 Å². The Bertz CT molecular complexity index is 5260. The van der Waals surface area contributed by atoms with Crippen LogP contribution in [0.15, 0.2) is 261 Å². The van der Waals surface area contributed by atoms with Gasteiger partial charge in [0.05, 0.1) is 44.5 Å². The van der Waals surface area contributed by atoms with Gasteiger partial charge in [-0.1, -0.05) is 242 Å². The predicted octanol–water partition coefficient (Wildman–Crippen LogP) is 21.7. The highest BCUT2D eigenvalue weighted by Crippen LogP contribution is 2.56. The van der Waals surface area contributed by atoms with E-state index in [4.69, 9.17) is 9.97 Å². The molecule has 3 aliphatic carbocycles. The van der Waals surface area contributed by atoms with Gasteiger partial charge in [0.2, 0.25) is 0 Å². The van der Waals surface area contributed by atoms with Crippen molar-refractivity contribution < 1.29 is 0 Å². The fourth-order valence-corrected chi connectivity index (χ4v) is 16.8. The first-order valence-electron chi connectivity index (χ1n) is 31.6. The van der Waals surface area contributed by atoms with Crippen LogP contribution in [0.2, 0.25) is 0 Å². The zero-order chi connectivity index (χ0) is 60.1. The molecule has 5 nitrogen and oxygen atoms in total.